The lowest BCUT2D eigenvalue weighted by molar-refractivity contribution is -0.0813. The van der Waals surface area contributed by atoms with E-state index in [0.717, 1.165) is 104 Å². The van der Waals surface area contributed by atoms with Gasteiger partial charge in [-0.3, -0.25) is 4.90 Å². The Kier molecular flexibility index (Phi) is 69.3. The van der Waals surface area contributed by atoms with Crippen molar-refractivity contribution in [2.45, 2.75) is 339 Å². The van der Waals surface area contributed by atoms with Crippen LogP contribution in [0.25, 0.3) is 0 Å². The summed E-state index contributed by atoms with van der Waals surface area (Å²) in [4.78, 5) is 2.64. The summed E-state index contributed by atoms with van der Waals surface area (Å²) in [6.07, 6.45) is 89.0. The lowest BCUT2D eigenvalue weighted by Gasteiger charge is -2.45. The van der Waals surface area contributed by atoms with Gasteiger partial charge < -0.3 is 56.8 Å². The number of nitrogens with zero attached hydrogens (tertiary/aromatic N) is 1. The summed E-state index contributed by atoms with van der Waals surface area (Å²) in [6, 6.07) is 33.4. The monoisotopic (exact) mass is 1670 g/mol. The van der Waals surface area contributed by atoms with Crippen LogP contribution in [0.3, 0.4) is 0 Å². The van der Waals surface area contributed by atoms with E-state index in [9.17, 15) is 0 Å². The summed E-state index contributed by atoms with van der Waals surface area (Å²) in [5.41, 5.74) is 3.29. The molecule has 0 aromatic heterocycles. The molecule has 2 aliphatic carbocycles. The average Bonchev–Trinajstić information content (AvgIpc) is 0.740. The van der Waals surface area contributed by atoms with E-state index in [-0.39, 0.29) is 0 Å². The molecule has 4 atom stereocenters. The fourth-order valence-corrected chi connectivity index (χ4v) is 17.3. The van der Waals surface area contributed by atoms with E-state index in [2.05, 4.69) is 157 Å². The normalized spacial score (nSPS) is 24.4. The van der Waals surface area contributed by atoms with Gasteiger partial charge in [-0.15, -0.1) is 0 Å². The van der Waals surface area contributed by atoms with Crippen molar-refractivity contribution in [3.05, 3.63) is 168 Å². The van der Waals surface area contributed by atoms with E-state index in [1.807, 2.05) is 0 Å². The molecule has 0 fully saturated rings. The van der Waals surface area contributed by atoms with Crippen LogP contribution in [0, 0.1) is 23.7 Å². The van der Waals surface area contributed by atoms with Crippen molar-refractivity contribution in [2.75, 3.05) is 146 Å². The molecule has 4 unspecified atom stereocenters. The first kappa shape index (κ1) is 105. The van der Waals surface area contributed by atoms with Gasteiger partial charge in [-0.2, -0.15) is 0 Å². The molecule has 0 saturated heterocycles. The van der Waals surface area contributed by atoms with Crippen LogP contribution in [-0.2, 0) is 62.4 Å². The van der Waals surface area contributed by atoms with Crippen molar-refractivity contribution < 1.29 is 56.8 Å². The number of ether oxygens (including phenoxy) is 12. The van der Waals surface area contributed by atoms with Gasteiger partial charge in [0.15, 0.2) is 0 Å². The Hall–Kier alpha value is -4.16. The Bertz CT molecular complexity index is 2580. The third kappa shape index (κ3) is 54.7. The van der Waals surface area contributed by atoms with Crippen molar-refractivity contribution in [1.29, 1.82) is 0 Å². The van der Waals surface area contributed by atoms with Gasteiger partial charge in [0, 0.05) is 89.6 Å². The molecule has 1 heterocycles. The predicted molar refractivity (Wildman–Crippen MR) is 501 cm³/mol. The molecule has 0 N–H and O–H groups in total. The van der Waals surface area contributed by atoms with Gasteiger partial charge in [0.2, 0.25) is 0 Å². The van der Waals surface area contributed by atoms with E-state index in [0.29, 0.717) is 104 Å². The van der Waals surface area contributed by atoms with Crippen LogP contribution in [-0.4, -0.2) is 151 Å². The molecule has 13 heteroatoms. The summed E-state index contributed by atoms with van der Waals surface area (Å²) in [6.45, 7) is 14.8. The summed E-state index contributed by atoms with van der Waals surface area (Å²) >= 11 is 0. The van der Waals surface area contributed by atoms with Gasteiger partial charge in [0.1, 0.15) is 27.2 Å². The highest BCUT2D eigenvalue weighted by atomic mass is 16.7. The maximum absolute atomic E-state index is 6.53. The lowest BCUT2D eigenvalue weighted by atomic mass is 9.75. The third-order valence-corrected chi connectivity index (χ3v) is 24.6. The lowest BCUT2D eigenvalue weighted by Crippen LogP contribution is -2.50. The second-order valence-electron chi connectivity index (χ2n) is 34.8. The Balaban J connectivity index is 0.796. The van der Waals surface area contributed by atoms with Crippen molar-refractivity contribution >= 4 is 0 Å². The van der Waals surface area contributed by atoms with Gasteiger partial charge in [-0.05, 0) is 68.1 Å². The fourth-order valence-electron chi connectivity index (χ4n) is 17.3. The standard InChI is InChI=1S/C107H177NO12/c1-5-13-21-29-37-58-80-109-84-66-67-85-110-81-59-38-30-22-14-6-2-10-18-26-34-42-63-87-114-97-118-93-101-69-55-57-71-103(101)95-120-99-116-89-65-44-36-28-20-12-4-8-16-24-32-40-61-83-112-91-79-108(107(104-72-48-45-49-73-104,105-74-50-46-51-75-105)106-76-52-47-53-77-106)78-90-111-82-60-39-31-23-15-7-3-11-19-27-35-43-64-88-115-98-119-94-102-70-56-54-68-100(102)92-117-96-113-86-62-41-33-25-17-9-1/h45-57,66-77,100-103H,1-44,58-65,78-99H2. The Morgan fingerprint density at radius 3 is 0.583 bits per heavy atom. The Morgan fingerprint density at radius 1 is 0.192 bits per heavy atom. The number of fused-ring (bicyclic) bond motifs is 2. The molecule has 3 aromatic carbocycles. The van der Waals surface area contributed by atoms with E-state index in [4.69, 9.17) is 56.8 Å². The number of benzene rings is 3. The SMILES string of the molecule is C1=CC2COCOCCCCCCCCCCCCCCCOCC=CCOCCCCCCCCCCCCCCCOCOCC3C=CC=CC3COCOCCCCCCCCCCCCCCCOCCN(C(c3ccccc3)(c3ccccc3)c3ccccc3)CCOCCCCCCCCCCCCCCCOCOCC2C=C1. The minimum Gasteiger partial charge on any atom is -0.380 e. The van der Waals surface area contributed by atoms with E-state index < -0.39 is 5.54 Å². The van der Waals surface area contributed by atoms with Gasteiger partial charge in [-0.25, -0.2) is 0 Å². The molecule has 682 valence electrons. The molecule has 120 heavy (non-hydrogen) atoms. The van der Waals surface area contributed by atoms with Gasteiger partial charge in [0.25, 0.3) is 0 Å². The number of hydrogen-bond donors (Lipinski definition) is 0. The first-order chi connectivity index (χ1) is 59.9. The first-order valence-corrected chi connectivity index (χ1v) is 50.0. The zero-order chi connectivity index (χ0) is 83.6. The van der Waals surface area contributed by atoms with E-state index in [1.54, 1.807) is 0 Å². The molecule has 0 amide bonds. The van der Waals surface area contributed by atoms with Crippen LogP contribution < -0.4 is 0 Å². The molecule has 0 bridgehead atoms. The largest absolute Gasteiger partial charge is 0.380 e. The molecule has 0 spiro atoms. The number of hydrogen-bond acceptors (Lipinski definition) is 13. The molecule has 1 aliphatic heterocycles. The van der Waals surface area contributed by atoms with Crippen LogP contribution in [0.4, 0.5) is 0 Å². The maximum Gasteiger partial charge on any atom is 0.146 e. The highest BCUT2D eigenvalue weighted by Crippen LogP contribution is 2.42. The average molecular weight is 1670 g/mol. The Morgan fingerprint density at radius 2 is 0.375 bits per heavy atom. The zero-order valence-corrected chi connectivity index (χ0v) is 76.4. The quantitative estimate of drug-likeness (QED) is 0.183. The summed E-state index contributed by atoms with van der Waals surface area (Å²) in [7, 11) is 0. The number of rotatable bonds is 4. The molecular formula is C107H177NO12. The molecule has 6 rings (SSSR count). The maximum atomic E-state index is 6.53. The molecule has 3 aliphatic rings. The third-order valence-electron chi connectivity index (χ3n) is 24.6. The van der Waals surface area contributed by atoms with Crippen LogP contribution in [0.1, 0.15) is 351 Å². The van der Waals surface area contributed by atoms with Crippen molar-refractivity contribution in [3.8, 4) is 0 Å². The molecule has 3 aromatic rings. The van der Waals surface area contributed by atoms with Crippen LogP contribution in [0.5, 0.6) is 0 Å². The molecule has 0 radical (unpaired) electrons. The fraction of sp³-hybridized carbons (Fsp3) is 0.738. The van der Waals surface area contributed by atoms with Crippen LogP contribution in [0.15, 0.2) is 152 Å². The molecular weight excluding hydrogens is 1490 g/mol. The predicted octanol–water partition coefficient (Wildman–Crippen LogP) is 27.9. The minimum absolute atomic E-state index is 0.292. The minimum atomic E-state index is -0.504. The molecule has 13 nitrogen and oxygen atoms in total. The highest BCUT2D eigenvalue weighted by molar-refractivity contribution is 5.49. The van der Waals surface area contributed by atoms with Gasteiger partial charge in [-0.1, -0.05) is 434 Å². The smallest absolute Gasteiger partial charge is 0.146 e. The Labute approximate surface area is 735 Å². The molecule has 0 saturated carbocycles. The van der Waals surface area contributed by atoms with E-state index in [1.165, 1.54) is 312 Å². The van der Waals surface area contributed by atoms with Crippen molar-refractivity contribution in [1.82, 2.24) is 4.90 Å². The van der Waals surface area contributed by atoms with Crippen LogP contribution >= 0.6 is 0 Å². The van der Waals surface area contributed by atoms with Gasteiger partial charge in [0.05, 0.1) is 58.4 Å². The van der Waals surface area contributed by atoms with E-state index >= 15 is 0 Å². The summed E-state index contributed by atoms with van der Waals surface area (Å²) < 4.78 is 72.3. The second kappa shape index (κ2) is 79.5. The highest BCUT2D eigenvalue weighted by Gasteiger charge is 2.42. The van der Waals surface area contributed by atoms with Gasteiger partial charge >= 0.3 is 0 Å². The van der Waals surface area contributed by atoms with Crippen LogP contribution in [0.2, 0.25) is 0 Å². The summed E-state index contributed by atoms with van der Waals surface area (Å²) in [5, 5.41) is 0. The van der Waals surface area contributed by atoms with Crippen molar-refractivity contribution in [3.63, 3.8) is 0 Å². The summed E-state index contributed by atoms with van der Waals surface area (Å²) in [5.74, 6) is 1.17. The first-order valence-electron chi connectivity index (χ1n) is 50.0. The number of allylic oxidation sites excluding steroid dienone is 4. The topological polar surface area (TPSA) is 114 Å². The van der Waals surface area contributed by atoms with Crippen molar-refractivity contribution in [2.24, 2.45) is 23.7 Å². The second-order valence-corrected chi connectivity index (χ2v) is 34.8. The zero-order valence-electron chi connectivity index (χ0n) is 76.4.